The summed E-state index contributed by atoms with van der Waals surface area (Å²) in [4.78, 5) is 2.54. The SMILES string of the molecule is CCN(C(C)Cc1ccccc1F)C1CCCCC1CN. The Morgan fingerprint density at radius 1 is 1.29 bits per heavy atom. The molecule has 0 radical (unpaired) electrons. The zero-order chi connectivity index (χ0) is 15.2. The van der Waals surface area contributed by atoms with Crippen LogP contribution in [-0.4, -0.2) is 30.1 Å². The lowest BCUT2D eigenvalue weighted by Gasteiger charge is -2.42. The molecule has 1 aliphatic carbocycles. The predicted octanol–water partition coefficient (Wildman–Crippen LogP) is 3.60. The Labute approximate surface area is 128 Å². The van der Waals surface area contributed by atoms with Gasteiger partial charge in [0.1, 0.15) is 5.82 Å². The van der Waals surface area contributed by atoms with Crippen LogP contribution in [0, 0.1) is 11.7 Å². The molecule has 0 aromatic heterocycles. The first-order chi connectivity index (χ1) is 10.2. The molecule has 0 bridgehead atoms. The Morgan fingerprint density at radius 3 is 2.67 bits per heavy atom. The minimum Gasteiger partial charge on any atom is -0.330 e. The maximum Gasteiger partial charge on any atom is 0.126 e. The van der Waals surface area contributed by atoms with Crippen LogP contribution in [-0.2, 0) is 6.42 Å². The molecule has 0 saturated heterocycles. The van der Waals surface area contributed by atoms with E-state index in [9.17, 15) is 4.39 Å². The third-order valence-electron chi connectivity index (χ3n) is 5.00. The Balaban J connectivity index is 2.07. The number of nitrogens with zero attached hydrogens (tertiary/aromatic N) is 1. The van der Waals surface area contributed by atoms with Gasteiger partial charge in [-0.2, -0.15) is 0 Å². The van der Waals surface area contributed by atoms with E-state index in [-0.39, 0.29) is 5.82 Å². The molecule has 118 valence electrons. The molecule has 2 nitrogen and oxygen atoms in total. The zero-order valence-electron chi connectivity index (χ0n) is 13.4. The van der Waals surface area contributed by atoms with E-state index < -0.39 is 0 Å². The summed E-state index contributed by atoms with van der Waals surface area (Å²) >= 11 is 0. The molecule has 0 spiro atoms. The van der Waals surface area contributed by atoms with E-state index in [0.717, 1.165) is 25.1 Å². The molecule has 1 fully saturated rings. The summed E-state index contributed by atoms with van der Waals surface area (Å²) < 4.78 is 13.9. The maximum absolute atomic E-state index is 13.9. The topological polar surface area (TPSA) is 29.3 Å². The molecule has 1 aromatic carbocycles. The fourth-order valence-electron chi connectivity index (χ4n) is 3.87. The second kappa shape index (κ2) is 7.90. The van der Waals surface area contributed by atoms with Gasteiger partial charge in [-0.3, -0.25) is 4.90 Å². The van der Waals surface area contributed by atoms with Gasteiger partial charge in [0.25, 0.3) is 0 Å². The number of nitrogens with two attached hydrogens (primary N) is 1. The van der Waals surface area contributed by atoms with Gasteiger partial charge in [0, 0.05) is 12.1 Å². The number of halogens is 1. The molecule has 2 rings (SSSR count). The Bertz CT molecular complexity index is 435. The fraction of sp³-hybridized carbons (Fsp3) is 0.667. The first kappa shape index (κ1) is 16.4. The van der Waals surface area contributed by atoms with Crippen LogP contribution in [0.4, 0.5) is 4.39 Å². The molecule has 0 aliphatic heterocycles. The molecule has 3 unspecified atom stereocenters. The van der Waals surface area contributed by atoms with Crippen LogP contribution >= 0.6 is 0 Å². The molecule has 1 aromatic rings. The van der Waals surface area contributed by atoms with Crippen molar-refractivity contribution in [2.45, 2.75) is 58.0 Å². The van der Waals surface area contributed by atoms with Gasteiger partial charge in [-0.15, -0.1) is 0 Å². The lowest BCUT2D eigenvalue weighted by atomic mass is 9.82. The van der Waals surface area contributed by atoms with E-state index in [1.54, 1.807) is 12.1 Å². The highest BCUT2D eigenvalue weighted by Gasteiger charge is 2.31. The molecular weight excluding hydrogens is 263 g/mol. The van der Waals surface area contributed by atoms with Crippen LogP contribution in [0.25, 0.3) is 0 Å². The van der Waals surface area contributed by atoms with Crippen LogP contribution in [0.2, 0.25) is 0 Å². The quantitative estimate of drug-likeness (QED) is 0.868. The summed E-state index contributed by atoms with van der Waals surface area (Å²) in [6, 6.07) is 8.06. The summed E-state index contributed by atoms with van der Waals surface area (Å²) in [5, 5.41) is 0. The molecular formula is C18H29FN2. The van der Waals surface area contributed by atoms with Crippen LogP contribution < -0.4 is 5.73 Å². The lowest BCUT2D eigenvalue weighted by Crippen LogP contribution is -2.49. The number of hydrogen-bond donors (Lipinski definition) is 1. The third-order valence-corrected chi connectivity index (χ3v) is 5.00. The molecule has 0 heterocycles. The summed E-state index contributed by atoms with van der Waals surface area (Å²) in [6.07, 6.45) is 5.84. The second-order valence-electron chi connectivity index (χ2n) is 6.32. The van der Waals surface area contributed by atoms with Gasteiger partial charge in [0.15, 0.2) is 0 Å². The van der Waals surface area contributed by atoms with Crippen molar-refractivity contribution >= 4 is 0 Å². The van der Waals surface area contributed by atoms with Crippen molar-refractivity contribution < 1.29 is 4.39 Å². The number of rotatable bonds is 6. The van der Waals surface area contributed by atoms with Gasteiger partial charge in [0.05, 0.1) is 0 Å². The first-order valence-electron chi connectivity index (χ1n) is 8.36. The number of hydrogen-bond acceptors (Lipinski definition) is 2. The largest absolute Gasteiger partial charge is 0.330 e. The van der Waals surface area contributed by atoms with E-state index in [2.05, 4.69) is 18.7 Å². The van der Waals surface area contributed by atoms with Crippen molar-refractivity contribution in [1.29, 1.82) is 0 Å². The lowest BCUT2D eigenvalue weighted by molar-refractivity contribution is 0.0768. The first-order valence-corrected chi connectivity index (χ1v) is 8.36. The van der Waals surface area contributed by atoms with Crippen molar-refractivity contribution in [3.05, 3.63) is 35.6 Å². The van der Waals surface area contributed by atoms with Crippen LogP contribution in [0.15, 0.2) is 24.3 Å². The predicted molar refractivity (Wildman–Crippen MR) is 86.7 cm³/mol. The van der Waals surface area contributed by atoms with Crippen molar-refractivity contribution in [2.24, 2.45) is 11.7 Å². The number of benzene rings is 1. The summed E-state index contributed by atoms with van der Waals surface area (Å²) in [6.45, 7) is 6.21. The molecule has 3 atom stereocenters. The van der Waals surface area contributed by atoms with Gasteiger partial charge in [0.2, 0.25) is 0 Å². The van der Waals surface area contributed by atoms with Crippen molar-refractivity contribution in [3.63, 3.8) is 0 Å². The van der Waals surface area contributed by atoms with Gasteiger partial charge in [-0.05, 0) is 56.8 Å². The number of likely N-dealkylation sites (N-methyl/N-ethyl adjacent to an activating group) is 1. The Kier molecular flexibility index (Phi) is 6.19. The molecule has 1 saturated carbocycles. The van der Waals surface area contributed by atoms with Crippen LogP contribution in [0.3, 0.4) is 0 Å². The minimum atomic E-state index is -0.0839. The highest BCUT2D eigenvalue weighted by Crippen LogP contribution is 2.29. The van der Waals surface area contributed by atoms with Crippen LogP contribution in [0.1, 0.15) is 45.1 Å². The Morgan fingerprint density at radius 2 is 2.00 bits per heavy atom. The van der Waals surface area contributed by atoms with Crippen molar-refractivity contribution in [3.8, 4) is 0 Å². The molecule has 2 N–H and O–H groups in total. The van der Waals surface area contributed by atoms with E-state index in [1.807, 2.05) is 12.1 Å². The standard InChI is InChI=1S/C18H29FN2/c1-3-21(18-11-7-5-9-16(18)13-20)14(2)12-15-8-4-6-10-17(15)19/h4,6,8,10,14,16,18H,3,5,7,9,11-13,20H2,1-2H3. The second-order valence-corrected chi connectivity index (χ2v) is 6.32. The summed E-state index contributed by atoms with van der Waals surface area (Å²) in [5.41, 5.74) is 6.80. The summed E-state index contributed by atoms with van der Waals surface area (Å²) in [5.74, 6) is 0.515. The van der Waals surface area contributed by atoms with E-state index >= 15 is 0 Å². The van der Waals surface area contributed by atoms with Gasteiger partial charge < -0.3 is 5.73 Å². The summed E-state index contributed by atoms with van der Waals surface area (Å²) in [7, 11) is 0. The fourth-order valence-corrected chi connectivity index (χ4v) is 3.87. The highest BCUT2D eigenvalue weighted by molar-refractivity contribution is 5.18. The van der Waals surface area contributed by atoms with Gasteiger partial charge >= 0.3 is 0 Å². The smallest absolute Gasteiger partial charge is 0.126 e. The van der Waals surface area contributed by atoms with E-state index in [0.29, 0.717) is 18.0 Å². The normalized spacial score (nSPS) is 24.2. The average molecular weight is 292 g/mol. The van der Waals surface area contributed by atoms with E-state index in [1.165, 1.54) is 25.7 Å². The van der Waals surface area contributed by atoms with Crippen LogP contribution in [0.5, 0.6) is 0 Å². The monoisotopic (exact) mass is 292 g/mol. The zero-order valence-corrected chi connectivity index (χ0v) is 13.4. The van der Waals surface area contributed by atoms with Gasteiger partial charge in [-0.25, -0.2) is 4.39 Å². The molecule has 0 amide bonds. The molecule has 1 aliphatic rings. The Hall–Kier alpha value is -0.930. The highest BCUT2D eigenvalue weighted by atomic mass is 19.1. The van der Waals surface area contributed by atoms with Crippen molar-refractivity contribution in [2.75, 3.05) is 13.1 Å². The third kappa shape index (κ3) is 4.04. The average Bonchev–Trinajstić information content (AvgIpc) is 2.51. The molecule has 3 heteroatoms. The molecule has 21 heavy (non-hydrogen) atoms. The van der Waals surface area contributed by atoms with Gasteiger partial charge in [-0.1, -0.05) is 38.0 Å². The van der Waals surface area contributed by atoms with E-state index in [4.69, 9.17) is 5.73 Å². The van der Waals surface area contributed by atoms with Crippen molar-refractivity contribution in [1.82, 2.24) is 4.90 Å². The maximum atomic E-state index is 13.9. The minimum absolute atomic E-state index is 0.0839.